The standard InChI is InChI=1S/C13H8BrN3OS/c14-11-7-15-13(19-11)17-12(18)10-6-5-8-3-1-2-4-9(8)16-10/h1-7H,(H,15,17,18). The van der Waals surface area contributed by atoms with Crippen LogP contribution in [0.1, 0.15) is 10.5 Å². The Morgan fingerprint density at radius 2 is 2.05 bits per heavy atom. The van der Waals surface area contributed by atoms with Crippen LogP contribution in [0.2, 0.25) is 0 Å². The van der Waals surface area contributed by atoms with Crippen LogP contribution in [0.15, 0.2) is 46.4 Å². The highest BCUT2D eigenvalue weighted by atomic mass is 79.9. The Balaban J connectivity index is 1.89. The minimum atomic E-state index is -0.257. The van der Waals surface area contributed by atoms with E-state index in [0.29, 0.717) is 10.8 Å². The number of nitrogens with one attached hydrogen (secondary N) is 1. The van der Waals surface area contributed by atoms with Gasteiger partial charge in [0.25, 0.3) is 5.91 Å². The first-order valence-electron chi connectivity index (χ1n) is 5.51. The molecule has 0 unspecified atom stereocenters. The Kier molecular flexibility index (Phi) is 3.27. The number of aromatic nitrogens is 2. The Bertz CT molecular complexity index is 756. The van der Waals surface area contributed by atoms with Gasteiger partial charge in [0.1, 0.15) is 5.69 Å². The third kappa shape index (κ3) is 2.64. The Morgan fingerprint density at radius 3 is 2.84 bits per heavy atom. The zero-order chi connectivity index (χ0) is 13.2. The van der Waals surface area contributed by atoms with E-state index < -0.39 is 0 Å². The monoisotopic (exact) mass is 333 g/mol. The quantitative estimate of drug-likeness (QED) is 0.777. The SMILES string of the molecule is O=C(Nc1ncc(Br)s1)c1ccc2ccccc2n1. The molecule has 0 radical (unpaired) electrons. The topological polar surface area (TPSA) is 54.9 Å². The Labute approximate surface area is 121 Å². The summed E-state index contributed by atoms with van der Waals surface area (Å²) in [4.78, 5) is 20.4. The van der Waals surface area contributed by atoms with E-state index in [1.807, 2.05) is 30.3 Å². The van der Waals surface area contributed by atoms with E-state index >= 15 is 0 Å². The van der Waals surface area contributed by atoms with Crippen molar-refractivity contribution in [2.45, 2.75) is 0 Å². The van der Waals surface area contributed by atoms with Gasteiger partial charge in [0, 0.05) is 5.39 Å². The molecule has 3 aromatic rings. The normalized spacial score (nSPS) is 10.6. The second-order valence-electron chi connectivity index (χ2n) is 3.81. The van der Waals surface area contributed by atoms with Gasteiger partial charge in [0.05, 0.1) is 15.5 Å². The average Bonchev–Trinajstić information content (AvgIpc) is 2.83. The lowest BCUT2D eigenvalue weighted by Crippen LogP contribution is -2.13. The number of hydrogen-bond donors (Lipinski definition) is 1. The van der Waals surface area contributed by atoms with Crippen LogP contribution in [0.3, 0.4) is 0 Å². The van der Waals surface area contributed by atoms with Crippen LogP contribution in [0, 0.1) is 0 Å². The van der Waals surface area contributed by atoms with Gasteiger partial charge in [-0.3, -0.25) is 10.1 Å². The molecule has 1 aromatic carbocycles. The van der Waals surface area contributed by atoms with Gasteiger partial charge in [-0.05, 0) is 28.1 Å². The highest BCUT2D eigenvalue weighted by Gasteiger charge is 2.10. The number of para-hydroxylation sites is 1. The molecule has 0 fully saturated rings. The molecular weight excluding hydrogens is 326 g/mol. The molecule has 1 N–H and O–H groups in total. The first-order chi connectivity index (χ1) is 9.22. The zero-order valence-electron chi connectivity index (χ0n) is 9.63. The van der Waals surface area contributed by atoms with Gasteiger partial charge in [-0.2, -0.15) is 0 Å². The summed E-state index contributed by atoms with van der Waals surface area (Å²) in [5, 5.41) is 4.28. The number of rotatable bonds is 2. The summed E-state index contributed by atoms with van der Waals surface area (Å²) in [5.74, 6) is -0.257. The summed E-state index contributed by atoms with van der Waals surface area (Å²) in [5.41, 5.74) is 1.18. The largest absolute Gasteiger partial charge is 0.296 e. The van der Waals surface area contributed by atoms with Gasteiger partial charge in [-0.25, -0.2) is 9.97 Å². The maximum Gasteiger partial charge on any atom is 0.276 e. The van der Waals surface area contributed by atoms with E-state index in [9.17, 15) is 4.79 Å². The first-order valence-corrected chi connectivity index (χ1v) is 7.12. The van der Waals surface area contributed by atoms with Gasteiger partial charge >= 0.3 is 0 Å². The number of hydrogen-bond acceptors (Lipinski definition) is 4. The van der Waals surface area contributed by atoms with E-state index in [2.05, 4.69) is 31.2 Å². The molecule has 0 aliphatic rings. The molecule has 6 heteroatoms. The molecule has 4 nitrogen and oxygen atoms in total. The molecule has 2 heterocycles. The molecule has 0 aliphatic heterocycles. The van der Waals surface area contributed by atoms with Crippen molar-refractivity contribution in [2.75, 3.05) is 5.32 Å². The molecule has 0 saturated carbocycles. The van der Waals surface area contributed by atoms with Crippen molar-refractivity contribution in [3.05, 3.63) is 52.1 Å². The van der Waals surface area contributed by atoms with Crippen LogP contribution >= 0.6 is 27.3 Å². The predicted molar refractivity (Wildman–Crippen MR) is 79.5 cm³/mol. The summed E-state index contributed by atoms with van der Waals surface area (Å²) >= 11 is 4.66. The number of benzene rings is 1. The third-order valence-electron chi connectivity index (χ3n) is 2.53. The third-order valence-corrected chi connectivity index (χ3v) is 3.92. The molecule has 0 atom stereocenters. The highest BCUT2D eigenvalue weighted by molar-refractivity contribution is 9.11. The summed E-state index contributed by atoms with van der Waals surface area (Å²) in [6, 6.07) is 11.3. The average molecular weight is 334 g/mol. The number of amides is 1. The predicted octanol–water partition coefficient (Wildman–Crippen LogP) is 3.71. The molecule has 0 spiro atoms. The summed E-state index contributed by atoms with van der Waals surface area (Å²) in [7, 11) is 0. The van der Waals surface area contributed by atoms with Gasteiger partial charge in [-0.15, -0.1) is 0 Å². The number of pyridine rings is 1. The lowest BCUT2D eigenvalue weighted by Gasteiger charge is -2.02. The Hall–Kier alpha value is -1.79. The number of anilines is 1. The fourth-order valence-electron chi connectivity index (χ4n) is 1.67. The fourth-order valence-corrected chi connectivity index (χ4v) is 2.77. The van der Waals surface area contributed by atoms with E-state index in [0.717, 1.165) is 14.7 Å². The second kappa shape index (κ2) is 5.07. The van der Waals surface area contributed by atoms with Crippen LogP contribution in [0.4, 0.5) is 5.13 Å². The van der Waals surface area contributed by atoms with Crippen LogP contribution < -0.4 is 5.32 Å². The number of thiazole rings is 1. The van der Waals surface area contributed by atoms with Crippen molar-refractivity contribution < 1.29 is 4.79 Å². The van der Waals surface area contributed by atoms with Crippen LogP contribution in [-0.4, -0.2) is 15.9 Å². The molecule has 1 amide bonds. The maximum absolute atomic E-state index is 12.0. The molecule has 3 rings (SSSR count). The van der Waals surface area contributed by atoms with E-state index in [-0.39, 0.29) is 5.91 Å². The summed E-state index contributed by atoms with van der Waals surface area (Å²) in [6.07, 6.45) is 1.65. The van der Waals surface area contributed by atoms with Crippen molar-refractivity contribution in [3.8, 4) is 0 Å². The Morgan fingerprint density at radius 1 is 1.21 bits per heavy atom. The van der Waals surface area contributed by atoms with E-state index in [1.165, 1.54) is 11.3 Å². The lowest BCUT2D eigenvalue weighted by molar-refractivity contribution is 0.102. The molecule has 0 bridgehead atoms. The smallest absolute Gasteiger partial charge is 0.276 e. The fraction of sp³-hybridized carbons (Fsp3) is 0. The van der Waals surface area contributed by atoms with E-state index in [4.69, 9.17) is 0 Å². The zero-order valence-corrected chi connectivity index (χ0v) is 12.0. The second-order valence-corrected chi connectivity index (χ2v) is 6.22. The molecule has 2 aromatic heterocycles. The molecule has 94 valence electrons. The van der Waals surface area contributed by atoms with E-state index in [1.54, 1.807) is 12.3 Å². The van der Waals surface area contributed by atoms with Gasteiger partial charge in [0.2, 0.25) is 0 Å². The molecular formula is C13H8BrN3OS. The number of carbonyl (C=O) groups is 1. The molecule has 0 saturated heterocycles. The minimum Gasteiger partial charge on any atom is -0.296 e. The minimum absolute atomic E-state index is 0.257. The summed E-state index contributed by atoms with van der Waals surface area (Å²) in [6.45, 7) is 0. The van der Waals surface area contributed by atoms with Crippen molar-refractivity contribution >= 4 is 49.2 Å². The van der Waals surface area contributed by atoms with Gasteiger partial charge < -0.3 is 0 Å². The molecule has 0 aliphatic carbocycles. The van der Waals surface area contributed by atoms with Gasteiger partial charge in [0.15, 0.2) is 5.13 Å². The summed E-state index contributed by atoms with van der Waals surface area (Å²) < 4.78 is 0.870. The maximum atomic E-state index is 12.0. The first kappa shape index (κ1) is 12.3. The number of fused-ring (bicyclic) bond motifs is 1. The van der Waals surface area contributed by atoms with Gasteiger partial charge in [-0.1, -0.05) is 35.6 Å². The van der Waals surface area contributed by atoms with Crippen molar-refractivity contribution in [1.29, 1.82) is 0 Å². The van der Waals surface area contributed by atoms with Crippen LogP contribution in [0.25, 0.3) is 10.9 Å². The molecule has 19 heavy (non-hydrogen) atoms. The van der Waals surface area contributed by atoms with Crippen molar-refractivity contribution in [2.24, 2.45) is 0 Å². The van der Waals surface area contributed by atoms with Crippen molar-refractivity contribution in [3.63, 3.8) is 0 Å². The van der Waals surface area contributed by atoms with Crippen LogP contribution in [-0.2, 0) is 0 Å². The number of nitrogens with zero attached hydrogens (tertiary/aromatic N) is 2. The highest BCUT2D eigenvalue weighted by Crippen LogP contribution is 2.23. The number of halogens is 1. The lowest BCUT2D eigenvalue weighted by atomic mass is 10.2. The van der Waals surface area contributed by atoms with Crippen molar-refractivity contribution in [1.82, 2.24) is 9.97 Å². The van der Waals surface area contributed by atoms with Crippen LogP contribution in [0.5, 0.6) is 0 Å². The number of carbonyl (C=O) groups excluding carboxylic acids is 1.